The molecule has 0 N–H and O–H groups in total. The van der Waals surface area contributed by atoms with E-state index in [0.717, 1.165) is 18.1 Å². The second-order valence-corrected chi connectivity index (χ2v) is 6.07. The lowest BCUT2D eigenvalue weighted by molar-refractivity contribution is 0.0585. The summed E-state index contributed by atoms with van der Waals surface area (Å²) < 4.78 is 5.20. The van der Waals surface area contributed by atoms with Crippen LogP contribution in [0.15, 0.2) is 60.4 Å². The van der Waals surface area contributed by atoms with Gasteiger partial charge in [0.2, 0.25) is 5.78 Å². The van der Waals surface area contributed by atoms with E-state index in [9.17, 15) is 14.4 Å². The van der Waals surface area contributed by atoms with Crippen molar-refractivity contribution >= 4 is 17.5 Å². The second-order valence-electron chi connectivity index (χ2n) is 6.07. The highest BCUT2D eigenvalue weighted by molar-refractivity contribution is 6.24. The van der Waals surface area contributed by atoms with Gasteiger partial charge in [0.05, 0.1) is 5.56 Å². The van der Waals surface area contributed by atoms with Gasteiger partial charge in [0.1, 0.15) is 0 Å². The largest absolute Gasteiger partial charge is 0.419 e. The molecule has 25 heavy (non-hydrogen) atoms. The van der Waals surface area contributed by atoms with Crippen molar-refractivity contribution in [3.63, 3.8) is 0 Å². The summed E-state index contributed by atoms with van der Waals surface area (Å²) >= 11 is 0. The number of rotatable bonds is 4. The van der Waals surface area contributed by atoms with Crippen molar-refractivity contribution in [3.8, 4) is 0 Å². The third-order valence-corrected chi connectivity index (χ3v) is 4.45. The lowest BCUT2D eigenvalue weighted by Gasteiger charge is -2.15. The molecule has 1 atom stereocenters. The van der Waals surface area contributed by atoms with Crippen molar-refractivity contribution in [3.05, 3.63) is 82.6 Å². The molecule has 0 bridgehead atoms. The van der Waals surface area contributed by atoms with Gasteiger partial charge in [-0.1, -0.05) is 50.2 Å². The van der Waals surface area contributed by atoms with Crippen LogP contribution in [0.4, 0.5) is 0 Å². The summed E-state index contributed by atoms with van der Waals surface area (Å²) in [6.45, 7) is 4.21. The Balaban J connectivity index is 1.80. The van der Waals surface area contributed by atoms with Crippen molar-refractivity contribution in [1.82, 2.24) is 0 Å². The molecule has 0 aromatic heterocycles. The first-order chi connectivity index (χ1) is 12.0. The molecule has 0 heterocycles. The lowest BCUT2D eigenvalue weighted by Crippen LogP contribution is -2.20. The Hall–Kier alpha value is -3.01. The highest BCUT2D eigenvalue weighted by Crippen LogP contribution is 2.23. The number of Topliss-reactive ketones (excluding diaryl/α,β-unsaturated/α-hetero) is 1. The minimum absolute atomic E-state index is 0.236. The number of esters is 1. The minimum atomic E-state index is -0.650. The van der Waals surface area contributed by atoms with Crippen LogP contribution in [0.25, 0.3) is 0 Å². The molecule has 4 heteroatoms. The molecule has 0 radical (unpaired) electrons. The molecule has 3 rings (SSSR count). The van der Waals surface area contributed by atoms with Gasteiger partial charge >= 0.3 is 5.97 Å². The number of carbonyl (C=O) groups is 3. The van der Waals surface area contributed by atoms with Crippen LogP contribution in [0.5, 0.6) is 0 Å². The Morgan fingerprint density at radius 1 is 1.00 bits per heavy atom. The minimum Gasteiger partial charge on any atom is -0.419 e. The maximum atomic E-state index is 12.4. The summed E-state index contributed by atoms with van der Waals surface area (Å²) in [5, 5.41) is 0. The molecule has 0 spiro atoms. The van der Waals surface area contributed by atoms with Crippen LogP contribution in [0.1, 0.15) is 62.8 Å². The number of carbonyl (C=O) groups excluding carboxylic acids is 3. The third kappa shape index (κ3) is 3.29. The Morgan fingerprint density at radius 3 is 2.28 bits per heavy atom. The molecule has 0 saturated heterocycles. The SMILES string of the molecule is CCC(C)c1ccc(C(=O)OC2=CC(=O)c3ccccc3C2=O)cc1. The van der Waals surface area contributed by atoms with Gasteiger partial charge in [-0.2, -0.15) is 0 Å². The standard InChI is InChI=1S/C21H18O4/c1-3-13(2)14-8-10-15(11-9-14)21(24)25-19-12-18(22)16-6-4-5-7-17(16)20(19)23/h4-13H,3H2,1-2H3. The van der Waals surface area contributed by atoms with Gasteiger partial charge in [0, 0.05) is 17.2 Å². The van der Waals surface area contributed by atoms with E-state index in [1.54, 1.807) is 36.4 Å². The van der Waals surface area contributed by atoms with Crippen LogP contribution < -0.4 is 0 Å². The molecule has 0 aliphatic heterocycles. The monoisotopic (exact) mass is 334 g/mol. The van der Waals surface area contributed by atoms with Gasteiger partial charge in [-0.25, -0.2) is 4.79 Å². The number of ketones is 2. The van der Waals surface area contributed by atoms with E-state index in [2.05, 4.69) is 13.8 Å². The molecular weight excluding hydrogens is 316 g/mol. The van der Waals surface area contributed by atoms with Gasteiger partial charge < -0.3 is 4.74 Å². The molecule has 0 amide bonds. The van der Waals surface area contributed by atoms with E-state index in [1.165, 1.54) is 0 Å². The molecule has 2 aromatic rings. The smallest absolute Gasteiger partial charge is 0.343 e. The maximum absolute atomic E-state index is 12.4. The van der Waals surface area contributed by atoms with Crippen LogP contribution in [0.2, 0.25) is 0 Å². The zero-order valence-corrected chi connectivity index (χ0v) is 14.1. The quantitative estimate of drug-likeness (QED) is 0.781. The number of ether oxygens (including phenoxy) is 1. The summed E-state index contributed by atoms with van der Waals surface area (Å²) in [4.78, 5) is 36.8. The first-order valence-electron chi connectivity index (χ1n) is 8.23. The van der Waals surface area contributed by atoms with E-state index < -0.39 is 11.8 Å². The summed E-state index contributed by atoms with van der Waals surface area (Å²) in [7, 11) is 0. The Morgan fingerprint density at radius 2 is 1.64 bits per heavy atom. The predicted octanol–water partition coefficient (Wildman–Crippen LogP) is 4.32. The van der Waals surface area contributed by atoms with E-state index in [1.807, 2.05) is 12.1 Å². The predicted molar refractivity (Wildman–Crippen MR) is 93.7 cm³/mol. The average Bonchev–Trinajstić information content (AvgIpc) is 2.65. The van der Waals surface area contributed by atoms with Gasteiger partial charge in [-0.05, 0) is 30.0 Å². The molecule has 2 aromatic carbocycles. The summed E-state index contributed by atoms with van der Waals surface area (Å²) in [5.74, 6) is -1.28. The number of benzene rings is 2. The summed E-state index contributed by atoms with van der Waals surface area (Å²) in [5.41, 5.74) is 2.05. The summed E-state index contributed by atoms with van der Waals surface area (Å²) in [6.07, 6.45) is 2.09. The van der Waals surface area contributed by atoms with Crippen LogP contribution in [0.3, 0.4) is 0 Å². The summed E-state index contributed by atoms with van der Waals surface area (Å²) in [6, 6.07) is 13.6. The Labute approximate surface area is 146 Å². The van der Waals surface area contributed by atoms with E-state index in [-0.39, 0.29) is 17.1 Å². The highest BCUT2D eigenvalue weighted by Gasteiger charge is 2.28. The van der Waals surface area contributed by atoms with E-state index in [0.29, 0.717) is 17.0 Å². The zero-order valence-electron chi connectivity index (χ0n) is 14.1. The van der Waals surface area contributed by atoms with E-state index >= 15 is 0 Å². The number of hydrogen-bond donors (Lipinski definition) is 0. The molecule has 1 unspecified atom stereocenters. The average molecular weight is 334 g/mol. The number of fused-ring (bicyclic) bond motifs is 1. The molecule has 4 nitrogen and oxygen atoms in total. The molecule has 0 saturated carbocycles. The molecular formula is C21H18O4. The Kier molecular flexibility index (Phi) is 4.61. The molecule has 1 aliphatic rings. The number of hydrogen-bond acceptors (Lipinski definition) is 4. The first kappa shape index (κ1) is 16.8. The fraction of sp³-hybridized carbons (Fsp3) is 0.190. The van der Waals surface area contributed by atoms with Crippen molar-refractivity contribution in [1.29, 1.82) is 0 Å². The van der Waals surface area contributed by atoms with Crippen LogP contribution in [-0.4, -0.2) is 17.5 Å². The fourth-order valence-corrected chi connectivity index (χ4v) is 2.71. The van der Waals surface area contributed by atoms with E-state index in [4.69, 9.17) is 4.74 Å². The van der Waals surface area contributed by atoms with Crippen molar-refractivity contribution in [2.75, 3.05) is 0 Å². The highest BCUT2D eigenvalue weighted by atomic mass is 16.5. The van der Waals surface area contributed by atoms with Crippen LogP contribution in [0, 0.1) is 0 Å². The molecule has 0 fully saturated rings. The lowest BCUT2D eigenvalue weighted by atomic mass is 9.94. The van der Waals surface area contributed by atoms with Crippen LogP contribution >= 0.6 is 0 Å². The number of allylic oxidation sites excluding steroid dienone is 2. The second kappa shape index (κ2) is 6.85. The van der Waals surface area contributed by atoms with Crippen LogP contribution in [-0.2, 0) is 4.74 Å². The van der Waals surface area contributed by atoms with Gasteiger partial charge in [0.25, 0.3) is 0 Å². The molecule has 126 valence electrons. The first-order valence-corrected chi connectivity index (χ1v) is 8.23. The normalized spacial score (nSPS) is 14.6. The maximum Gasteiger partial charge on any atom is 0.343 e. The van der Waals surface area contributed by atoms with Gasteiger partial charge in [0.15, 0.2) is 11.5 Å². The van der Waals surface area contributed by atoms with Crippen molar-refractivity contribution < 1.29 is 19.1 Å². The fourth-order valence-electron chi connectivity index (χ4n) is 2.71. The van der Waals surface area contributed by atoms with Gasteiger partial charge in [-0.3, -0.25) is 9.59 Å². The Bertz CT molecular complexity index is 875. The molecule has 1 aliphatic carbocycles. The van der Waals surface area contributed by atoms with Crippen molar-refractivity contribution in [2.45, 2.75) is 26.2 Å². The van der Waals surface area contributed by atoms with Crippen molar-refractivity contribution in [2.24, 2.45) is 0 Å². The van der Waals surface area contributed by atoms with Gasteiger partial charge in [-0.15, -0.1) is 0 Å². The third-order valence-electron chi connectivity index (χ3n) is 4.45. The topological polar surface area (TPSA) is 60.4 Å². The zero-order chi connectivity index (χ0) is 18.0.